The van der Waals surface area contributed by atoms with Gasteiger partial charge in [-0.25, -0.2) is 9.19 Å². The standard InChI is InChI=1S/C11H15ClN2OS/c1-8-5-9(6-10(12)14-8)7-13-16(15)11(2,3)4/h5-7H,1-4H3/t16-/m1/s1. The molecule has 0 saturated carbocycles. The smallest absolute Gasteiger partial charge is 0.144 e. The average Bonchev–Trinajstić information content (AvgIpc) is 2.11. The maximum Gasteiger partial charge on any atom is 0.144 e. The zero-order chi connectivity index (χ0) is 12.3. The van der Waals surface area contributed by atoms with Crippen LogP contribution in [0.3, 0.4) is 0 Å². The lowest BCUT2D eigenvalue weighted by Gasteiger charge is -2.12. The number of nitrogens with zero attached hydrogens (tertiary/aromatic N) is 2. The summed E-state index contributed by atoms with van der Waals surface area (Å²) in [7, 11) is -1.25. The highest BCUT2D eigenvalue weighted by Crippen LogP contribution is 2.13. The van der Waals surface area contributed by atoms with Gasteiger partial charge in [-0.15, -0.1) is 0 Å². The van der Waals surface area contributed by atoms with E-state index in [-0.39, 0.29) is 4.75 Å². The first-order chi connectivity index (χ1) is 7.29. The van der Waals surface area contributed by atoms with E-state index < -0.39 is 11.0 Å². The summed E-state index contributed by atoms with van der Waals surface area (Å²) in [5, 5.41) is 0.419. The van der Waals surface area contributed by atoms with Crippen molar-refractivity contribution in [3.63, 3.8) is 0 Å². The molecule has 0 radical (unpaired) electrons. The molecule has 0 bridgehead atoms. The van der Waals surface area contributed by atoms with Gasteiger partial charge < -0.3 is 0 Å². The molecule has 5 heteroatoms. The van der Waals surface area contributed by atoms with Gasteiger partial charge in [0.15, 0.2) is 0 Å². The Kier molecular flexibility index (Phi) is 4.21. The van der Waals surface area contributed by atoms with Gasteiger partial charge >= 0.3 is 0 Å². The first kappa shape index (κ1) is 13.3. The summed E-state index contributed by atoms with van der Waals surface area (Å²) < 4.78 is 15.3. The average molecular weight is 259 g/mol. The van der Waals surface area contributed by atoms with E-state index >= 15 is 0 Å². The van der Waals surface area contributed by atoms with Crippen molar-refractivity contribution < 1.29 is 4.21 Å². The zero-order valence-corrected chi connectivity index (χ0v) is 11.4. The van der Waals surface area contributed by atoms with Crippen molar-refractivity contribution in [2.24, 2.45) is 4.40 Å². The van der Waals surface area contributed by atoms with Gasteiger partial charge in [-0.3, -0.25) is 0 Å². The third kappa shape index (κ3) is 4.02. The molecule has 1 aromatic heterocycles. The molecule has 0 unspecified atom stereocenters. The lowest BCUT2D eigenvalue weighted by atomic mass is 10.2. The van der Waals surface area contributed by atoms with Gasteiger partial charge in [-0.1, -0.05) is 11.6 Å². The predicted octanol–water partition coefficient (Wildman–Crippen LogP) is 2.92. The van der Waals surface area contributed by atoms with Crippen LogP contribution in [-0.2, 0) is 11.0 Å². The van der Waals surface area contributed by atoms with Crippen LogP contribution < -0.4 is 0 Å². The maximum absolute atomic E-state index is 11.7. The molecule has 3 nitrogen and oxygen atoms in total. The van der Waals surface area contributed by atoms with Crippen molar-refractivity contribution in [1.82, 2.24) is 4.98 Å². The number of hydrogen-bond acceptors (Lipinski definition) is 2. The molecule has 0 fully saturated rings. The Labute approximate surface area is 104 Å². The van der Waals surface area contributed by atoms with Crippen molar-refractivity contribution in [3.05, 3.63) is 28.5 Å². The molecule has 0 aromatic carbocycles. The Morgan fingerprint density at radius 3 is 2.56 bits per heavy atom. The SMILES string of the molecule is Cc1cc(C=N[S@](=O)C(C)(C)C)cc(Cl)n1. The van der Waals surface area contributed by atoms with Crippen molar-refractivity contribution in [1.29, 1.82) is 0 Å². The molecule has 0 saturated heterocycles. The van der Waals surface area contributed by atoms with Crippen LogP contribution in [0.15, 0.2) is 16.5 Å². The molecule has 0 amide bonds. The molecule has 0 spiro atoms. The second-order valence-corrected chi connectivity index (χ2v) is 6.78. The lowest BCUT2D eigenvalue weighted by Crippen LogP contribution is -2.19. The third-order valence-corrected chi connectivity index (χ3v) is 3.30. The third-order valence-electron chi connectivity index (χ3n) is 1.77. The van der Waals surface area contributed by atoms with Crippen LogP contribution >= 0.6 is 11.6 Å². The van der Waals surface area contributed by atoms with Crippen molar-refractivity contribution in [2.45, 2.75) is 32.4 Å². The Balaban J connectivity index is 2.89. The lowest BCUT2D eigenvalue weighted by molar-refractivity contribution is 0.651. The van der Waals surface area contributed by atoms with Gasteiger partial charge in [-0.2, -0.15) is 4.40 Å². The Morgan fingerprint density at radius 1 is 1.44 bits per heavy atom. The highest BCUT2D eigenvalue weighted by atomic mass is 35.5. The summed E-state index contributed by atoms with van der Waals surface area (Å²) >= 11 is 5.81. The van der Waals surface area contributed by atoms with E-state index in [1.807, 2.05) is 33.8 Å². The van der Waals surface area contributed by atoms with E-state index in [1.54, 1.807) is 12.3 Å². The number of pyridine rings is 1. The van der Waals surface area contributed by atoms with E-state index in [4.69, 9.17) is 11.6 Å². The molecule has 0 aliphatic carbocycles. The summed E-state index contributed by atoms with van der Waals surface area (Å²) in [5.74, 6) is 0. The van der Waals surface area contributed by atoms with Crippen LogP contribution in [0.5, 0.6) is 0 Å². The normalized spacial score (nSPS) is 14.3. The van der Waals surface area contributed by atoms with Gasteiger partial charge in [0.1, 0.15) is 16.1 Å². The molecular weight excluding hydrogens is 244 g/mol. The van der Waals surface area contributed by atoms with Crippen molar-refractivity contribution >= 4 is 28.8 Å². The fourth-order valence-electron chi connectivity index (χ4n) is 0.995. The molecule has 88 valence electrons. The van der Waals surface area contributed by atoms with Gasteiger partial charge in [0, 0.05) is 11.9 Å². The van der Waals surface area contributed by atoms with Crippen LogP contribution in [0.25, 0.3) is 0 Å². The molecule has 1 heterocycles. The van der Waals surface area contributed by atoms with E-state index in [0.717, 1.165) is 11.3 Å². The highest BCUT2D eigenvalue weighted by molar-refractivity contribution is 7.85. The minimum atomic E-state index is -1.25. The van der Waals surface area contributed by atoms with E-state index in [9.17, 15) is 4.21 Å². The van der Waals surface area contributed by atoms with E-state index in [2.05, 4.69) is 9.38 Å². The molecule has 0 N–H and O–H groups in total. The molecule has 1 rings (SSSR count). The summed E-state index contributed by atoms with van der Waals surface area (Å²) in [6, 6.07) is 3.53. The number of rotatable bonds is 2. The highest BCUT2D eigenvalue weighted by Gasteiger charge is 2.18. The minimum Gasteiger partial charge on any atom is -0.241 e. The summed E-state index contributed by atoms with van der Waals surface area (Å²) in [4.78, 5) is 4.04. The maximum atomic E-state index is 11.7. The summed E-state index contributed by atoms with van der Waals surface area (Å²) in [6.07, 6.45) is 1.57. The van der Waals surface area contributed by atoms with Crippen LogP contribution in [0, 0.1) is 6.92 Å². The molecule has 1 atom stereocenters. The van der Waals surface area contributed by atoms with E-state index in [0.29, 0.717) is 5.15 Å². The van der Waals surface area contributed by atoms with E-state index in [1.165, 1.54) is 0 Å². The summed E-state index contributed by atoms with van der Waals surface area (Å²) in [6.45, 7) is 7.49. The summed E-state index contributed by atoms with van der Waals surface area (Å²) in [5.41, 5.74) is 1.63. The second kappa shape index (κ2) is 5.06. The Bertz CT molecular complexity index is 418. The molecular formula is C11H15ClN2OS. The number of halogens is 1. The van der Waals surface area contributed by atoms with Crippen LogP contribution in [0.1, 0.15) is 32.0 Å². The molecule has 0 aliphatic rings. The molecule has 0 aliphatic heterocycles. The topological polar surface area (TPSA) is 42.3 Å². The first-order valence-electron chi connectivity index (χ1n) is 4.89. The molecule has 1 aromatic rings. The predicted molar refractivity (Wildman–Crippen MR) is 69.5 cm³/mol. The Hall–Kier alpha value is -0.740. The van der Waals surface area contributed by atoms with Crippen molar-refractivity contribution in [3.8, 4) is 0 Å². The van der Waals surface area contributed by atoms with Gasteiger partial charge in [0.05, 0.1) is 4.75 Å². The van der Waals surface area contributed by atoms with Gasteiger partial charge in [0.2, 0.25) is 0 Å². The number of aryl methyl sites for hydroxylation is 1. The Morgan fingerprint density at radius 2 is 2.06 bits per heavy atom. The van der Waals surface area contributed by atoms with Gasteiger partial charge in [-0.05, 0) is 45.4 Å². The van der Waals surface area contributed by atoms with Crippen LogP contribution in [-0.4, -0.2) is 20.2 Å². The fraction of sp³-hybridized carbons (Fsp3) is 0.455. The quantitative estimate of drug-likeness (QED) is 0.605. The van der Waals surface area contributed by atoms with Crippen LogP contribution in [0.2, 0.25) is 5.15 Å². The fourth-order valence-corrected chi connectivity index (χ4v) is 1.79. The minimum absolute atomic E-state index is 0.345. The first-order valence-corrected chi connectivity index (χ1v) is 6.38. The van der Waals surface area contributed by atoms with Gasteiger partial charge in [0.25, 0.3) is 0 Å². The van der Waals surface area contributed by atoms with Crippen molar-refractivity contribution in [2.75, 3.05) is 0 Å². The second-order valence-electron chi connectivity index (χ2n) is 4.46. The molecule has 16 heavy (non-hydrogen) atoms. The number of aromatic nitrogens is 1. The largest absolute Gasteiger partial charge is 0.241 e. The van der Waals surface area contributed by atoms with Crippen LogP contribution in [0.4, 0.5) is 0 Å². The number of hydrogen-bond donors (Lipinski definition) is 0. The zero-order valence-electron chi connectivity index (χ0n) is 9.82. The monoisotopic (exact) mass is 258 g/mol.